The van der Waals surface area contributed by atoms with Gasteiger partial charge in [0.15, 0.2) is 5.58 Å². The topological polar surface area (TPSA) is 53.6 Å². The average molecular weight is 407 g/mol. The molecule has 0 unspecified atom stereocenters. The Hall–Kier alpha value is -3.11. The summed E-state index contributed by atoms with van der Waals surface area (Å²) in [4.78, 5) is 11.7. The summed E-state index contributed by atoms with van der Waals surface area (Å²) in [5, 5.41) is 0. The van der Waals surface area contributed by atoms with Crippen LogP contribution in [0.15, 0.2) is 45.6 Å². The second kappa shape index (κ2) is 6.80. The van der Waals surface area contributed by atoms with Crippen molar-refractivity contribution < 1.29 is 40.2 Å². The molecule has 0 radical (unpaired) electrons. The zero-order valence-corrected chi connectivity index (χ0v) is 14.0. The number of hydrogen-bond acceptors (Lipinski definition) is 4. The molecule has 1 aromatic heterocycles. The van der Waals surface area contributed by atoms with Crippen molar-refractivity contribution in [3.8, 4) is 22.6 Å². The number of alkyl halides is 6. The van der Waals surface area contributed by atoms with Gasteiger partial charge in [0.05, 0.1) is 12.6 Å². The first kappa shape index (κ1) is 19.6. The molecule has 0 saturated carbocycles. The van der Waals surface area contributed by atoms with Crippen molar-refractivity contribution in [3.05, 3.63) is 46.9 Å². The van der Waals surface area contributed by atoms with Crippen LogP contribution >= 0.6 is 0 Å². The molecular weight excluding hydrogens is 396 g/mol. The summed E-state index contributed by atoms with van der Waals surface area (Å²) in [5.74, 6) is -1.70. The van der Waals surface area contributed by atoms with Crippen LogP contribution in [0.4, 0.5) is 26.3 Å². The van der Waals surface area contributed by atoms with E-state index in [9.17, 15) is 31.1 Å². The molecule has 0 fully saturated rings. The van der Waals surface area contributed by atoms with Crippen molar-refractivity contribution in [2.24, 2.45) is 0 Å². The molecule has 5 nitrogen and oxygen atoms in total. The zero-order chi connectivity index (χ0) is 20.7. The highest BCUT2D eigenvalue weighted by molar-refractivity contribution is 5.83. The van der Waals surface area contributed by atoms with Gasteiger partial charge in [-0.2, -0.15) is 13.2 Å². The molecule has 150 valence electrons. The maximum Gasteiger partial charge on any atom is 0.573 e. The highest BCUT2D eigenvalue weighted by atomic mass is 19.4. The van der Waals surface area contributed by atoms with E-state index >= 15 is 0 Å². The lowest BCUT2D eigenvalue weighted by atomic mass is 10.0. The van der Waals surface area contributed by atoms with Crippen LogP contribution < -0.4 is 15.2 Å². The van der Waals surface area contributed by atoms with E-state index in [4.69, 9.17) is 9.15 Å². The molecule has 0 aliphatic carbocycles. The quantitative estimate of drug-likeness (QED) is 0.587. The van der Waals surface area contributed by atoms with Crippen LogP contribution in [-0.2, 0) is 6.54 Å². The standard InChI is InChI=1S/C17H11F6NO4/c1-26-14-7-10(28-17(21,22)23)3-4-11(14)9-2-5-13-12(6-9)24(15(25)27-13)8-16(18,19)20/h2-7H,8H2,1H3. The molecule has 0 saturated heterocycles. The van der Waals surface area contributed by atoms with E-state index in [0.717, 1.165) is 12.1 Å². The molecule has 0 bridgehead atoms. The van der Waals surface area contributed by atoms with E-state index in [0.29, 0.717) is 10.1 Å². The zero-order valence-electron chi connectivity index (χ0n) is 14.0. The monoisotopic (exact) mass is 407 g/mol. The molecule has 0 aliphatic heterocycles. The molecule has 2 aromatic carbocycles. The molecule has 0 spiro atoms. The van der Waals surface area contributed by atoms with E-state index in [1.54, 1.807) is 0 Å². The van der Waals surface area contributed by atoms with Gasteiger partial charge in [0.1, 0.15) is 18.0 Å². The van der Waals surface area contributed by atoms with Crippen molar-refractivity contribution in [1.82, 2.24) is 4.57 Å². The fourth-order valence-corrected chi connectivity index (χ4v) is 2.67. The lowest BCUT2D eigenvalue weighted by molar-refractivity contribution is -0.274. The lowest BCUT2D eigenvalue weighted by Gasteiger charge is -2.13. The first-order chi connectivity index (χ1) is 13.0. The van der Waals surface area contributed by atoms with Crippen LogP contribution in [0.1, 0.15) is 0 Å². The minimum atomic E-state index is -4.89. The molecule has 3 aromatic rings. The first-order valence-corrected chi connectivity index (χ1v) is 7.61. The summed E-state index contributed by atoms with van der Waals surface area (Å²) in [7, 11) is 1.21. The van der Waals surface area contributed by atoms with Crippen LogP contribution in [0.2, 0.25) is 0 Å². The number of rotatable bonds is 4. The molecule has 0 amide bonds. The van der Waals surface area contributed by atoms with Crippen LogP contribution in [-0.4, -0.2) is 24.2 Å². The minimum Gasteiger partial charge on any atom is -0.496 e. The smallest absolute Gasteiger partial charge is 0.496 e. The number of halogens is 6. The van der Waals surface area contributed by atoms with Gasteiger partial charge in [-0.3, -0.25) is 4.57 Å². The van der Waals surface area contributed by atoms with Gasteiger partial charge in [0, 0.05) is 11.6 Å². The molecular formula is C17H11F6NO4. The van der Waals surface area contributed by atoms with Crippen molar-refractivity contribution >= 4 is 11.1 Å². The van der Waals surface area contributed by atoms with Crippen molar-refractivity contribution in [1.29, 1.82) is 0 Å². The molecule has 0 aliphatic rings. The van der Waals surface area contributed by atoms with Gasteiger partial charge in [0.2, 0.25) is 0 Å². The summed E-state index contributed by atoms with van der Waals surface area (Å²) in [6, 6.07) is 7.27. The van der Waals surface area contributed by atoms with Crippen LogP contribution in [0.3, 0.4) is 0 Å². The third-order valence-electron chi connectivity index (χ3n) is 3.72. The van der Waals surface area contributed by atoms with E-state index < -0.39 is 30.6 Å². The predicted molar refractivity (Wildman–Crippen MR) is 85.2 cm³/mol. The summed E-state index contributed by atoms with van der Waals surface area (Å²) in [6.07, 6.45) is -9.54. The SMILES string of the molecule is COc1cc(OC(F)(F)F)ccc1-c1ccc2oc(=O)n(CC(F)(F)F)c2c1. The number of methoxy groups -OCH3 is 1. The Morgan fingerprint density at radius 1 is 1.04 bits per heavy atom. The van der Waals surface area contributed by atoms with Gasteiger partial charge < -0.3 is 13.9 Å². The molecule has 0 N–H and O–H groups in total. The third-order valence-corrected chi connectivity index (χ3v) is 3.72. The Bertz CT molecular complexity index is 1060. The Kier molecular flexibility index (Phi) is 4.77. The highest BCUT2D eigenvalue weighted by Gasteiger charge is 2.32. The second-order valence-corrected chi connectivity index (χ2v) is 5.66. The normalized spacial score (nSPS) is 12.4. The molecule has 28 heavy (non-hydrogen) atoms. The van der Waals surface area contributed by atoms with E-state index in [-0.39, 0.29) is 22.4 Å². The number of oxazole rings is 1. The predicted octanol–water partition coefficient (Wildman–Crippen LogP) is 4.73. The van der Waals surface area contributed by atoms with E-state index in [1.165, 1.54) is 31.4 Å². The molecule has 3 rings (SSSR count). The number of benzene rings is 2. The Labute approximate surface area is 152 Å². The summed E-state index contributed by atoms with van der Waals surface area (Å²) >= 11 is 0. The number of fused-ring (bicyclic) bond motifs is 1. The maximum absolute atomic E-state index is 12.7. The second-order valence-electron chi connectivity index (χ2n) is 5.66. The van der Waals surface area contributed by atoms with Gasteiger partial charge in [0.25, 0.3) is 0 Å². The number of nitrogens with zero attached hydrogens (tertiary/aromatic N) is 1. The van der Waals surface area contributed by atoms with Crippen molar-refractivity contribution in [2.75, 3.05) is 7.11 Å². The van der Waals surface area contributed by atoms with E-state index in [1.807, 2.05) is 0 Å². The van der Waals surface area contributed by atoms with Crippen molar-refractivity contribution in [2.45, 2.75) is 19.1 Å². The Morgan fingerprint density at radius 3 is 2.36 bits per heavy atom. The van der Waals surface area contributed by atoms with Crippen LogP contribution in [0.5, 0.6) is 11.5 Å². The highest BCUT2D eigenvalue weighted by Crippen LogP contribution is 2.36. The lowest BCUT2D eigenvalue weighted by Crippen LogP contribution is -2.24. The number of aromatic nitrogens is 1. The fourth-order valence-electron chi connectivity index (χ4n) is 2.67. The van der Waals surface area contributed by atoms with Gasteiger partial charge >= 0.3 is 18.3 Å². The summed E-state index contributed by atoms with van der Waals surface area (Å²) in [6.45, 7) is -1.54. The first-order valence-electron chi connectivity index (χ1n) is 7.61. The van der Waals surface area contributed by atoms with Crippen LogP contribution in [0, 0.1) is 0 Å². The average Bonchev–Trinajstić information content (AvgIpc) is 2.87. The van der Waals surface area contributed by atoms with Crippen molar-refractivity contribution in [3.63, 3.8) is 0 Å². The Balaban J connectivity index is 2.08. The van der Waals surface area contributed by atoms with Gasteiger partial charge in [-0.1, -0.05) is 6.07 Å². The molecule has 11 heteroatoms. The van der Waals surface area contributed by atoms with Gasteiger partial charge in [-0.15, -0.1) is 13.2 Å². The van der Waals surface area contributed by atoms with E-state index in [2.05, 4.69) is 4.74 Å². The number of ether oxygens (including phenoxy) is 2. The summed E-state index contributed by atoms with van der Waals surface area (Å²) < 4.78 is 89.3. The largest absolute Gasteiger partial charge is 0.573 e. The van der Waals surface area contributed by atoms with Gasteiger partial charge in [-0.25, -0.2) is 4.79 Å². The number of hydrogen-bond donors (Lipinski definition) is 0. The fraction of sp³-hybridized carbons (Fsp3) is 0.235. The maximum atomic E-state index is 12.7. The van der Waals surface area contributed by atoms with Crippen LogP contribution in [0.25, 0.3) is 22.2 Å². The third kappa shape index (κ3) is 4.24. The Morgan fingerprint density at radius 2 is 1.75 bits per heavy atom. The summed E-state index contributed by atoms with van der Waals surface area (Å²) in [5.41, 5.74) is 0.414. The molecule has 0 atom stereocenters. The minimum absolute atomic E-state index is 0.00527. The van der Waals surface area contributed by atoms with Gasteiger partial charge in [-0.05, 0) is 29.8 Å². The molecule has 1 heterocycles.